The van der Waals surface area contributed by atoms with Gasteiger partial charge in [-0.25, -0.2) is 9.97 Å². The van der Waals surface area contributed by atoms with E-state index in [4.69, 9.17) is 25.8 Å². The maximum absolute atomic E-state index is 6.24. The normalized spacial score (nSPS) is 11.4. The van der Waals surface area contributed by atoms with Crippen LogP contribution in [0.1, 0.15) is 16.3 Å². The molecule has 0 spiro atoms. The zero-order valence-corrected chi connectivity index (χ0v) is 14.0. The fraction of sp³-hybridized carbons (Fsp3) is 0.571. The molecule has 0 radical (unpaired) electrons. The number of aromatic nitrogens is 2. The Balaban J connectivity index is 1.88. The Hall–Kier alpha value is -0.790. The number of hydrogen-bond acceptors (Lipinski definition) is 6. The van der Waals surface area contributed by atoms with Crippen molar-refractivity contribution in [3.8, 4) is 0 Å². The lowest BCUT2D eigenvalue weighted by Gasteiger charge is -2.05. The van der Waals surface area contributed by atoms with E-state index in [-0.39, 0.29) is 0 Å². The fourth-order valence-electron chi connectivity index (χ4n) is 1.83. The number of halogens is 1. The molecule has 0 amide bonds. The highest BCUT2D eigenvalue weighted by molar-refractivity contribution is 7.18. The minimum Gasteiger partial charge on any atom is -0.382 e. The van der Waals surface area contributed by atoms with E-state index >= 15 is 0 Å². The average molecular weight is 331 g/mol. The van der Waals surface area contributed by atoms with Gasteiger partial charge >= 0.3 is 0 Å². The van der Waals surface area contributed by atoms with E-state index in [1.54, 1.807) is 18.4 Å². The molecule has 0 N–H and O–H groups in total. The maximum atomic E-state index is 6.24. The predicted octanol–water partition coefficient (Wildman–Crippen LogP) is 3.14. The molecule has 0 saturated carbocycles. The Morgan fingerprint density at radius 3 is 2.52 bits per heavy atom. The van der Waals surface area contributed by atoms with Gasteiger partial charge in [-0.15, -0.1) is 11.3 Å². The third kappa shape index (κ3) is 4.34. The van der Waals surface area contributed by atoms with Crippen LogP contribution in [0, 0.1) is 13.8 Å². The number of methoxy groups -OCH3 is 1. The van der Waals surface area contributed by atoms with Gasteiger partial charge in [0.15, 0.2) is 5.82 Å². The summed E-state index contributed by atoms with van der Waals surface area (Å²) in [6.07, 6.45) is 0. The van der Waals surface area contributed by atoms with Crippen LogP contribution in [0.25, 0.3) is 10.2 Å². The van der Waals surface area contributed by atoms with Crippen molar-refractivity contribution in [3.05, 3.63) is 21.4 Å². The van der Waals surface area contributed by atoms with E-state index in [2.05, 4.69) is 16.9 Å². The average Bonchev–Trinajstić information content (AvgIpc) is 2.73. The van der Waals surface area contributed by atoms with E-state index in [9.17, 15) is 0 Å². The molecule has 7 heteroatoms. The zero-order valence-electron chi connectivity index (χ0n) is 12.4. The predicted molar refractivity (Wildman–Crippen MR) is 84.3 cm³/mol. The topological polar surface area (TPSA) is 53.5 Å². The molecule has 0 aliphatic carbocycles. The first-order valence-corrected chi connectivity index (χ1v) is 7.89. The molecule has 0 unspecified atom stereocenters. The second-order valence-electron chi connectivity index (χ2n) is 4.55. The van der Waals surface area contributed by atoms with Crippen LogP contribution in [0.15, 0.2) is 0 Å². The highest BCUT2D eigenvalue weighted by Gasteiger charge is 2.13. The third-order valence-electron chi connectivity index (χ3n) is 3.07. The summed E-state index contributed by atoms with van der Waals surface area (Å²) < 4.78 is 15.7. The van der Waals surface area contributed by atoms with Gasteiger partial charge < -0.3 is 14.2 Å². The number of fused-ring (bicyclic) bond motifs is 1. The molecule has 0 bridgehead atoms. The molecule has 0 atom stereocenters. The van der Waals surface area contributed by atoms with Crippen LogP contribution in [-0.4, -0.2) is 43.5 Å². The molecule has 0 fully saturated rings. The van der Waals surface area contributed by atoms with Crippen molar-refractivity contribution in [2.45, 2.75) is 20.5 Å². The SMILES string of the molecule is COCCOCCOCc1nc(Cl)c2c(C)c(C)sc2n1. The van der Waals surface area contributed by atoms with Gasteiger partial charge in [-0.1, -0.05) is 11.6 Å². The first-order valence-electron chi connectivity index (χ1n) is 6.70. The molecule has 0 saturated heterocycles. The van der Waals surface area contributed by atoms with Crippen LogP contribution in [0.3, 0.4) is 0 Å². The lowest BCUT2D eigenvalue weighted by atomic mass is 10.2. The van der Waals surface area contributed by atoms with Crippen LogP contribution in [-0.2, 0) is 20.8 Å². The van der Waals surface area contributed by atoms with Gasteiger partial charge in [-0.2, -0.15) is 0 Å². The zero-order chi connectivity index (χ0) is 15.2. The van der Waals surface area contributed by atoms with E-state index in [0.29, 0.717) is 44.0 Å². The monoisotopic (exact) mass is 330 g/mol. The molecular weight excluding hydrogens is 312 g/mol. The van der Waals surface area contributed by atoms with Crippen molar-refractivity contribution in [2.75, 3.05) is 33.5 Å². The second-order valence-corrected chi connectivity index (χ2v) is 6.11. The van der Waals surface area contributed by atoms with Crippen LogP contribution in [0.5, 0.6) is 0 Å². The van der Waals surface area contributed by atoms with Gasteiger partial charge in [0, 0.05) is 12.0 Å². The first-order chi connectivity index (χ1) is 10.1. The van der Waals surface area contributed by atoms with E-state index in [0.717, 1.165) is 15.8 Å². The van der Waals surface area contributed by atoms with Crippen LogP contribution in [0.4, 0.5) is 0 Å². The van der Waals surface area contributed by atoms with Crippen LogP contribution >= 0.6 is 22.9 Å². The molecule has 21 heavy (non-hydrogen) atoms. The van der Waals surface area contributed by atoms with Crippen molar-refractivity contribution in [2.24, 2.45) is 0 Å². The summed E-state index contributed by atoms with van der Waals surface area (Å²) in [5, 5.41) is 1.45. The molecule has 5 nitrogen and oxygen atoms in total. The lowest BCUT2D eigenvalue weighted by molar-refractivity contribution is 0.0185. The molecule has 0 aliphatic rings. The Morgan fingerprint density at radius 2 is 1.76 bits per heavy atom. The van der Waals surface area contributed by atoms with Gasteiger partial charge in [-0.3, -0.25) is 0 Å². The fourth-order valence-corrected chi connectivity index (χ4v) is 3.27. The summed E-state index contributed by atoms with van der Waals surface area (Å²) in [6.45, 7) is 6.61. The molecule has 2 aromatic heterocycles. The smallest absolute Gasteiger partial charge is 0.157 e. The Morgan fingerprint density at radius 1 is 1.05 bits per heavy atom. The summed E-state index contributed by atoms with van der Waals surface area (Å²) in [4.78, 5) is 10.9. The summed E-state index contributed by atoms with van der Waals surface area (Å²) >= 11 is 7.87. The van der Waals surface area contributed by atoms with Gasteiger partial charge in [0.25, 0.3) is 0 Å². The molecule has 2 heterocycles. The van der Waals surface area contributed by atoms with Crippen LogP contribution < -0.4 is 0 Å². The lowest BCUT2D eigenvalue weighted by Crippen LogP contribution is -2.09. The highest BCUT2D eigenvalue weighted by atomic mass is 35.5. The third-order valence-corrected chi connectivity index (χ3v) is 4.44. The summed E-state index contributed by atoms with van der Waals surface area (Å²) in [5.41, 5.74) is 1.15. The number of hydrogen-bond donors (Lipinski definition) is 0. The van der Waals surface area contributed by atoms with Gasteiger partial charge in [0.05, 0.1) is 31.8 Å². The van der Waals surface area contributed by atoms with E-state index in [1.165, 1.54) is 4.88 Å². The standard InChI is InChI=1S/C14H19ClN2O3S/c1-9-10(2)21-14-12(9)13(15)16-11(17-14)8-20-7-6-19-5-4-18-3/h4-8H2,1-3H3. The quantitative estimate of drug-likeness (QED) is 0.550. The number of aryl methyl sites for hydroxylation is 2. The minimum absolute atomic E-state index is 0.333. The van der Waals surface area contributed by atoms with Gasteiger partial charge in [0.2, 0.25) is 0 Å². The van der Waals surface area contributed by atoms with Crippen molar-refractivity contribution in [1.82, 2.24) is 9.97 Å². The molecule has 2 rings (SSSR count). The minimum atomic E-state index is 0.333. The van der Waals surface area contributed by atoms with Crippen molar-refractivity contribution in [1.29, 1.82) is 0 Å². The molecule has 2 aromatic rings. The number of thiophene rings is 1. The van der Waals surface area contributed by atoms with E-state index < -0.39 is 0 Å². The number of rotatable bonds is 8. The molecular formula is C14H19ClN2O3S. The maximum Gasteiger partial charge on any atom is 0.157 e. The largest absolute Gasteiger partial charge is 0.382 e. The summed E-state index contributed by atoms with van der Waals surface area (Å²) in [7, 11) is 1.64. The Kier molecular flexibility index (Phi) is 6.32. The van der Waals surface area contributed by atoms with Crippen LogP contribution in [0.2, 0.25) is 5.15 Å². The molecule has 0 aliphatic heterocycles. The molecule has 116 valence electrons. The summed E-state index contributed by atoms with van der Waals surface area (Å²) in [5.74, 6) is 0.602. The second kappa shape index (κ2) is 8.00. The Labute approximate surface area is 133 Å². The van der Waals surface area contributed by atoms with Crippen molar-refractivity contribution < 1.29 is 14.2 Å². The van der Waals surface area contributed by atoms with E-state index in [1.807, 2.05) is 6.92 Å². The highest BCUT2D eigenvalue weighted by Crippen LogP contribution is 2.32. The first kappa shape index (κ1) is 16.6. The van der Waals surface area contributed by atoms with Gasteiger partial charge in [-0.05, 0) is 19.4 Å². The number of nitrogens with zero attached hydrogens (tertiary/aromatic N) is 2. The Bertz CT molecular complexity index is 603. The van der Waals surface area contributed by atoms with Gasteiger partial charge in [0.1, 0.15) is 16.6 Å². The van der Waals surface area contributed by atoms with Crippen molar-refractivity contribution >= 4 is 33.2 Å². The van der Waals surface area contributed by atoms with Crippen molar-refractivity contribution in [3.63, 3.8) is 0 Å². The molecule has 0 aromatic carbocycles. The number of ether oxygens (including phenoxy) is 3. The summed E-state index contributed by atoms with van der Waals surface area (Å²) in [6, 6.07) is 0.